The van der Waals surface area contributed by atoms with E-state index in [1.807, 2.05) is 0 Å². The molecule has 5 aliphatic carbocycles. The van der Waals surface area contributed by atoms with Gasteiger partial charge in [0.25, 0.3) is 0 Å². The Morgan fingerprint density at radius 3 is 2.06 bits per heavy atom. The number of amides is 2. The van der Waals surface area contributed by atoms with Gasteiger partial charge in [-0.3, -0.25) is 24.1 Å². The third-order valence-corrected chi connectivity index (χ3v) is 8.60. The van der Waals surface area contributed by atoms with Gasteiger partial charge >= 0.3 is 5.97 Å². The fourth-order valence-corrected chi connectivity index (χ4v) is 6.88. The molecule has 7 heteroatoms. The minimum atomic E-state index is -0.435. The molecule has 2 bridgehead atoms. The van der Waals surface area contributed by atoms with Crippen LogP contribution in [0.15, 0.2) is 36.4 Å². The van der Waals surface area contributed by atoms with Crippen LogP contribution < -0.4 is 0 Å². The summed E-state index contributed by atoms with van der Waals surface area (Å²) in [4.78, 5) is 52.7. The van der Waals surface area contributed by atoms with Crippen molar-refractivity contribution in [1.82, 2.24) is 4.90 Å². The SMILES string of the molecule is O=C(COC(=O)C1CCC(N2C(=O)[C@@H]3[C@H]4C=C[C@@H]([C@@H]5C[C@H]45)[C@H]3C2=O)CC1)c1ccc(F)cc1. The first-order valence-corrected chi connectivity index (χ1v) is 11.9. The van der Waals surface area contributed by atoms with Crippen LogP contribution in [0.3, 0.4) is 0 Å². The lowest BCUT2D eigenvalue weighted by atomic mass is 9.63. The Kier molecular flexibility index (Phi) is 4.78. The Bertz CT molecular complexity index is 1020. The van der Waals surface area contributed by atoms with E-state index in [-0.39, 0.29) is 59.8 Å². The molecule has 0 N–H and O–H groups in total. The number of hydrogen-bond donors (Lipinski definition) is 0. The molecule has 2 amide bonds. The lowest BCUT2D eigenvalue weighted by Crippen LogP contribution is -2.44. The van der Waals surface area contributed by atoms with Gasteiger partial charge in [0.15, 0.2) is 12.4 Å². The molecule has 0 unspecified atom stereocenters. The highest BCUT2D eigenvalue weighted by atomic mass is 19.1. The van der Waals surface area contributed by atoms with Crippen LogP contribution in [0.25, 0.3) is 0 Å². The number of ether oxygens (including phenoxy) is 1. The van der Waals surface area contributed by atoms with Gasteiger partial charge in [0.05, 0.1) is 17.8 Å². The van der Waals surface area contributed by atoms with E-state index in [9.17, 15) is 23.6 Å². The lowest BCUT2D eigenvalue weighted by Gasteiger charge is -2.37. The van der Waals surface area contributed by atoms with E-state index < -0.39 is 11.8 Å². The molecule has 6 atom stereocenters. The molecular weight excluding hydrogens is 425 g/mol. The Morgan fingerprint density at radius 2 is 1.48 bits per heavy atom. The lowest BCUT2D eigenvalue weighted by molar-refractivity contribution is -0.149. The normalized spacial score (nSPS) is 38.2. The van der Waals surface area contributed by atoms with Crippen molar-refractivity contribution in [3.05, 3.63) is 47.8 Å². The zero-order valence-electron chi connectivity index (χ0n) is 18.2. The summed E-state index contributed by atoms with van der Waals surface area (Å²) in [6.07, 6.45) is 7.71. The number of allylic oxidation sites excluding steroid dienone is 2. The zero-order chi connectivity index (χ0) is 22.9. The van der Waals surface area contributed by atoms with E-state index in [0.29, 0.717) is 43.1 Å². The summed E-state index contributed by atoms with van der Waals surface area (Å²) in [5.74, 6) is -0.370. The number of Topliss-reactive ketones (excluding diaryl/α,β-unsaturated/α-hetero) is 1. The number of carbonyl (C=O) groups is 4. The molecule has 1 heterocycles. The third kappa shape index (κ3) is 3.27. The van der Waals surface area contributed by atoms with Gasteiger partial charge in [0.2, 0.25) is 11.8 Å². The molecule has 0 spiro atoms. The van der Waals surface area contributed by atoms with Gasteiger partial charge in [-0.2, -0.15) is 0 Å². The second-order valence-electron chi connectivity index (χ2n) is 10.2. The molecule has 0 radical (unpaired) electrons. The van der Waals surface area contributed by atoms with Gasteiger partial charge < -0.3 is 4.74 Å². The highest BCUT2D eigenvalue weighted by molar-refractivity contribution is 6.06. The minimum absolute atomic E-state index is 0.00868. The monoisotopic (exact) mass is 451 g/mol. The highest BCUT2D eigenvalue weighted by Crippen LogP contribution is 2.65. The maximum atomic E-state index is 13.3. The Hall–Kier alpha value is -2.83. The maximum absolute atomic E-state index is 13.3. The zero-order valence-corrected chi connectivity index (χ0v) is 18.2. The van der Waals surface area contributed by atoms with E-state index in [4.69, 9.17) is 4.74 Å². The van der Waals surface area contributed by atoms with Crippen molar-refractivity contribution in [3.8, 4) is 0 Å². The van der Waals surface area contributed by atoms with Crippen LogP contribution in [0.4, 0.5) is 4.39 Å². The largest absolute Gasteiger partial charge is 0.457 e. The van der Waals surface area contributed by atoms with Crippen molar-refractivity contribution in [2.45, 2.75) is 38.1 Å². The molecule has 6 aliphatic rings. The fourth-order valence-electron chi connectivity index (χ4n) is 6.88. The molecule has 4 fully saturated rings. The summed E-state index contributed by atoms with van der Waals surface area (Å²) < 4.78 is 18.2. The molecule has 33 heavy (non-hydrogen) atoms. The average Bonchev–Trinajstić information content (AvgIpc) is 3.61. The summed E-state index contributed by atoms with van der Waals surface area (Å²) in [6, 6.07) is 4.96. The summed E-state index contributed by atoms with van der Waals surface area (Å²) in [6.45, 7) is -0.380. The molecule has 3 saturated carbocycles. The summed E-state index contributed by atoms with van der Waals surface area (Å²) >= 11 is 0. The van der Waals surface area contributed by atoms with Crippen molar-refractivity contribution >= 4 is 23.6 Å². The molecule has 1 aromatic rings. The van der Waals surface area contributed by atoms with Crippen molar-refractivity contribution in [1.29, 1.82) is 0 Å². The molecule has 1 saturated heterocycles. The number of halogens is 1. The van der Waals surface area contributed by atoms with Crippen LogP contribution >= 0.6 is 0 Å². The second-order valence-corrected chi connectivity index (χ2v) is 10.2. The Morgan fingerprint density at radius 1 is 0.909 bits per heavy atom. The number of rotatable bonds is 5. The van der Waals surface area contributed by atoms with Gasteiger partial charge in [-0.1, -0.05) is 12.2 Å². The number of hydrogen-bond acceptors (Lipinski definition) is 5. The molecule has 1 aliphatic heterocycles. The summed E-state index contributed by atoms with van der Waals surface area (Å²) in [5, 5.41) is 0. The van der Waals surface area contributed by atoms with Gasteiger partial charge in [-0.25, -0.2) is 4.39 Å². The van der Waals surface area contributed by atoms with Gasteiger partial charge in [0.1, 0.15) is 5.82 Å². The standard InChI is InChI=1S/C26H26FNO5/c27-15-5-1-13(2-6-15)21(29)12-33-26(32)14-3-7-16(8-4-14)28-24(30)22-17-9-10-18(20-11-19(17)20)23(22)25(28)31/h1-2,5-6,9-10,14,16-20,22-23H,3-4,7-8,11-12H2/t14?,16?,17-,18-,19-,20+,22+,23+/m0/s1. The predicted octanol–water partition coefficient (Wildman–Crippen LogP) is 3.16. The molecular formula is C26H26FNO5. The number of imide groups is 1. The number of carbonyl (C=O) groups excluding carboxylic acids is 4. The van der Waals surface area contributed by atoms with E-state index in [2.05, 4.69) is 12.2 Å². The Labute approximate surface area is 191 Å². The summed E-state index contributed by atoms with van der Waals surface area (Å²) in [7, 11) is 0. The molecule has 1 aromatic carbocycles. The van der Waals surface area contributed by atoms with E-state index in [0.717, 1.165) is 6.42 Å². The topological polar surface area (TPSA) is 80.8 Å². The smallest absolute Gasteiger partial charge is 0.309 e. The van der Waals surface area contributed by atoms with E-state index >= 15 is 0 Å². The third-order valence-electron chi connectivity index (χ3n) is 8.60. The van der Waals surface area contributed by atoms with E-state index in [1.165, 1.54) is 29.2 Å². The molecule has 6 nitrogen and oxygen atoms in total. The first-order chi connectivity index (χ1) is 15.9. The molecule has 172 valence electrons. The van der Waals surface area contributed by atoms with Crippen molar-refractivity contribution in [3.63, 3.8) is 0 Å². The van der Waals surface area contributed by atoms with E-state index in [1.54, 1.807) is 0 Å². The highest BCUT2D eigenvalue weighted by Gasteiger charge is 2.67. The van der Waals surface area contributed by atoms with Crippen molar-refractivity contribution in [2.24, 2.45) is 41.4 Å². The van der Waals surface area contributed by atoms with Crippen LogP contribution in [0.1, 0.15) is 42.5 Å². The van der Waals surface area contributed by atoms with Gasteiger partial charge in [-0.05, 0) is 80.0 Å². The number of benzene rings is 1. The number of ketones is 1. The average molecular weight is 451 g/mol. The minimum Gasteiger partial charge on any atom is -0.457 e. The van der Waals surface area contributed by atoms with Crippen molar-refractivity contribution in [2.75, 3.05) is 6.61 Å². The number of likely N-dealkylation sites (tertiary alicyclic amines) is 1. The van der Waals surface area contributed by atoms with Crippen LogP contribution in [0.5, 0.6) is 0 Å². The first kappa shape index (κ1) is 20.8. The maximum Gasteiger partial charge on any atom is 0.309 e. The van der Waals surface area contributed by atoms with Crippen molar-refractivity contribution < 1.29 is 28.3 Å². The van der Waals surface area contributed by atoms with Crippen LogP contribution in [0.2, 0.25) is 0 Å². The predicted molar refractivity (Wildman–Crippen MR) is 114 cm³/mol. The molecule has 0 aromatic heterocycles. The van der Waals surface area contributed by atoms with Crippen LogP contribution in [-0.2, 0) is 19.1 Å². The first-order valence-electron chi connectivity index (χ1n) is 11.9. The second kappa shape index (κ2) is 7.61. The number of esters is 1. The number of nitrogens with zero attached hydrogens (tertiary/aromatic N) is 1. The Balaban J connectivity index is 1.04. The van der Waals surface area contributed by atoms with Crippen LogP contribution in [0, 0.1) is 47.2 Å². The fraction of sp³-hybridized carbons (Fsp3) is 0.538. The van der Waals surface area contributed by atoms with Gasteiger partial charge in [0, 0.05) is 11.6 Å². The van der Waals surface area contributed by atoms with Gasteiger partial charge in [-0.15, -0.1) is 0 Å². The quantitative estimate of drug-likeness (QED) is 0.297. The molecule has 7 rings (SSSR count). The summed E-state index contributed by atoms with van der Waals surface area (Å²) in [5.41, 5.74) is 0.293. The van der Waals surface area contributed by atoms with Crippen LogP contribution in [-0.4, -0.2) is 41.1 Å².